The van der Waals surface area contributed by atoms with Crippen LogP contribution in [0.2, 0.25) is 0 Å². The summed E-state index contributed by atoms with van der Waals surface area (Å²) >= 11 is 0. The van der Waals surface area contributed by atoms with Crippen molar-refractivity contribution < 1.29 is 22.3 Å². The lowest BCUT2D eigenvalue weighted by molar-refractivity contribution is 0.385. The zero-order valence-corrected chi connectivity index (χ0v) is 12.3. The molecule has 0 N–H and O–H groups in total. The van der Waals surface area contributed by atoms with E-state index in [-0.39, 0.29) is 22.3 Å². The zero-order chi connectivity index (χ0) is 16.3. The molecule has 0 amide bonds. The van der Waals surface area contributed by atoms with Gasteiger partial charge >= 0.3 is 0 Å². The summed E-state index contributed by atoms with van der Waals surface area (Å²) < 4.78 is 53.6. The van der Waals surface area contributed by atoms with Crippen LogP contribution in [0.15, 0.2) is 34.7 Å². The molecule has 0 aliphatic carbocycles. The summed E-state index contributed by atoms with van der Waals surface area (Å²) in [6.07, 6.45) is 0. The molecule has 0 radical (unpaired) electrons. The highest BCUT2D eigenvalue weighted by Gasteiger charge is 2.21. The highest BCUT2D eigenvalue weighted by Crippen LogP contribution is 2.38. The fraction of sp³-hybridized carbons (Fsp3) is 0.111. The Labute approximate surface area is 129 Å². The average Bonchev–Trinajstić information content (AvgIpc) is 2.91. The van der Waals surface area contributed by atoms with Gasteiger partial charge in [0.2, 0.25) is 5.82 Å². The Balaban J connectivity index is 2.24. The van der Waals surface area contributed by atoms with Gasteiger partial charge in [-0.25, -0.2) is 8.78 Å². The lowest BCUT2D eigenvalue weighted by atomic mass is 10.0. The van der Waals surface area contributed by atoms with Crippen LogP contribution in [-0.2, 0) is 0 Å². The van der Waals surface area contributed by atoms with E-state index in [1.807, 2.05) is 0 Å². The number of halogens is 3. The molecule has 0 atom stereocenters. The van der Waals surface area contributed by atoms with Crippen LogP contribution in [0.1, 0.15) is 5.56 Å². The van der Waals surface area contributed by atoms with Gasteiger partial charge in [0, 0.05) is 10.8 Å². The molecule has 2 nitrogen and oxygen atoms in total. The maximum absolute atomic E-state index is 14.8. The highest BCUT2D eigenvalue weighted by atomic mass is 19.1. The van der Waals surface area contributed by atoms with E-state index in [9.17, 15) is 13.2 Å². The maximum Gasteiger partial charge on any atom is 0.208 e. The SMILES string of the molecule is COc1ccc2c(oc3c(F)c4c(F)c(C)ccc4cc32)c1F. The molecule has 0 fully saturated rings. The second-order valence-corrected chi connectivity index (χ2v) is 5.42. The van der Waals surface area contributed by atoms with E-state index in [0.29, 0.717) is 21.7 Å². The summed E-state index contributed by atoms with van der Waals surface area (Å²) in [5.41, 5.74) is 0.0644. The molecule has 4 aromatic rings. The second-order valence-electron chi connectivity index (χ2n) is 5.42. The van der Waals surface area contributed by atoms with Crippen molar-refractivity contribution >= 4 is 32.7 Å². The number of ether oxygens (including phenoxy) is 1. The van der Waals surface area contributed by atoms with Crippen LogP contribution < -0.4 is 4.74 Å². The molecule has 116 valence electrons. The van der Waals surface area contributed by atoms with E-state index in [2.05, 4.69) is 0 Å². The van der Waals surface area contributed by atoms with Gasteiger partial charge in [0.1, 0.15) is 5.82 Å². The minimum Gasteiger partial charge on any atom is -0.494 e. The number of aryl methyl sites for hydroxylation is 1. The largest absolute Gasteiger partial charge is 0.494 e. The van der Waals surface area contributed by atoms with Gasteiger partial charge in [-0.15, -0.1) is 0 Å². The molecule has 4 rings (SSSR count). The molecule has 0 aliphatic rings. The number of methoxy groups -OCH3 is 1. The number of furan rings is 1. The van der Waals surface area contributed by atoms with Crippen molar-refractivity contribution in [2.75, 3.05) is 7.11 Å². The Hall–Kier alpha value is -2.69. The zero-order valence-electron chi connectivity index (χ0n) is 12.3. The van der Waals surface area contributed by atoms with E-state index in [4.69, 9.17) is 9.15 Å². The van der Waals surface area contributed by atoms with E-state index >= 15 is 0 Å². The minimum absolute atomic E-state index is 0.00328. The first kappa shape index (κ1) is 13.9. The number of fused-ring (bicyclic) bond motifs is 4. The smallest absolute Gasteiger partial charge is 0.208 e. The van der Waals surface area contributed by atoms with Gasteiger partial charge in [-0.3, -0.25) is 0 Å². The van der Waals surface area contributed by atoms with Gasteiger partial charge in [-0.2, -0.15) is 4.39 Å². The van der Waals surface area contributed by atoms with Crippen LogP contribution in [0.25, 0.3) is 32.7 Å². The Kier molecular flexibility index (Phi) is 2.82. The molecule has 0 unspecified atom stereocenters. The number of hydrogen-bond donors (Lipinski definition) is 0. The molecule has 1 aromatic heterocycles. The van der Waals surface area contributed by atoms with Gasteiger partial charge in [-0.1, -0.05) is 12.1 Å². The summed E-state index contributed by atoms with van der Waals surface area (Å²) in [5, 5.41) is 1.07. The average molecular weight is 316 g/mol. The second kappa shape index (κ2) is 4.65. The van der Waals surface area contributed by atoms with Crippen molar-refractivity contribution in [3.63, 3.8) is 0 Å². The maximum atomic E-state index is 14.8. The highest BCUT2D eigenvalue weighted by molar-refractivity contribution is 6.11. The van der Waals surface area contributed by atoms with Gasteiger partial charge in [0.25, 0.3) is 0 Å². The third-order valence-corrected chi connectivity index (χ3v) is 4.11. The van der Waals surface area contributed by atoms with Crippen molar-refractivity contribution in [1.29, 1.82) is 0 Å². The quantitative estimate of drug-likeness (QED) is 0.464. The monoisotopic (exact) mass is 316 g/mol. The molecule has 0 bridgehead atoms. The van der Waals surface area contributed by atoms with Crippen molar-refractivity contribution in [1.82, 2.24) is 0 Å². The summed E-state index contributed by atoms with van der Waals surface area (Å²) in [7, 11) is 1.33. The standard InChI is InChI=1S/C18H11F3O2/c1-8-3-4-9-7-11-10-5-6-12(22-2)15(20)17(10)23-18(11)16(21)13(9)14(8)19/h3-7H,1-2H3. The normalized spacial score (nSPS) is 11.7. The van der Waals surface area contributed by atoms with Gasteiger partial charge in [0.15, 0.2) is 22.7 Å². The molecule has 3 aromatic carbocycles. The summed E-state index contributed by atoms with van der Waals surface area (Å²) in [4.78, 5) is 0. The molecule has 5 heteroatoms. The minimum atomic E-state index is -0.826. The van der Waals surface area contributed by atoms with Crippen LogP contribution >= 0.6 is 0 Å². The molecular formula is C18H11F3O2. The first-order chi connectivity index (χ1) is 11.0. The van der Waals surface area contributed by atoms with Gasteiger partial charge in [-0.05, 0) is 36.1 Å². The molecule has 23 heavy (non-hydrogen) atoms. The summed E-state index contributed by atoms with van der Waals surface area (Å²) in [6, 6.07) is 7.86. The number of rotatable bonds is 1. The Morgan fingerprint density at radius 1 is 0.870 bits per heavy atom. The summed E-state index contributed by atoms with van der Waals surface area (Å²) in [5.74, 6) is -2.17. The van der Waals surface area contributed by atoms with Crippen LogP contribution in [-0.4, -0.2) is 7.11 Å². The third-order valence-electron chi connectivity index (χ3n) is 4.11. The lowest BCUT2D eigenvalue weighted by Gasteiger charge is -2.04. The predicted octanol–water partition coefficient (Wildman–Crippen LogP) is 5.47. The van der Waals surface area contributed by atoms with E-state index in [0.717, 1.165) is 0 Å². The predicted molar refractivity (Wildman–Crippen MR) is 82.4 cm³/mol. The molecular weight excluding hydrogens is 305 g/mol. The van der Waals surface area contributed by atoms with Gasteiger partial charge < -0.3 is 9.15 Å². The van der Waals surface area contributed by atoms with Crippen molar-refractivity contribution in [2.24, 2.45) is 0 Å². The Morgan fingerprint density at radius 3 is 2.35 bits per heavy atom. The first-order valence-electron chi connectivity index (χ1n) is 6.99. The fourth-order valence-corrected chi connectivity index (χ4v) is 2.90. The van der Waals surface area contributed by atoms with Crippen LogP contribution in [0, 0.1) is 24.4 Å². The molecule has 0 spiro atoms. The fourth-order valence-electron chi connectivity index (χ4n) is 2.90. The summed E-state index contributed by atoms with van der Waals surface area (Å²) in [6.45, 7) is 1.56. The van der Waals surface area contributed by atoms with Crippen LogP contribution in [0.5, 0.6) is 5.75 Å². The van der Waals surface area contributed by atoms with E-state index in [1.165, 1.54) is 13.2 Å². The molecule has 0 saturated heterocycles. The number of benzene rings is 3. The van der Waals surface area contributed by atoms with Crippen molar-refractivity contribution in [2.45, 2.75) is 6.92 Å². The third kappa shape index (κ3) is 1.76. The van der Waals surface area contributed by atoms with Gasteiger partial charge in [0.05, 0.1) is 12.5 Å². The van der Waals surface area contributed by atoms with Crippen molar-refractivity contribution in [3.8, 4) is 5.75 Å². The Bertz CT molecular complexity index is 1100. The lowest BCUT2D eigenvalue weighted by Crippen LogP contribution is -1.89. The Morgan fingerprint density at radius 2 is 1.61 bits per heavy atom. The van der Waals surface area contributed by atoms with Crippen LogP contribution in [0.3, 0.4) is 0 Å². The molecule has 1 heterocycles. The van der Waals surface area contributed by atoms with E-state index < -0.39 is 17.5 Å². The number of hydrogen-bond acceptors (Lipinski definition) is 2. The first-order valence-corrected chi connectivity index (χ1v) is 6.99. The van der Waals surface area contributed by atoms with Crippen molar-refractivity contribution in [3.05, 3.63) is 53.3 Å². The van der Waals surface area contributed by atoms with Crippen LogP contribution in [0.4, 0.5) is 13.2 Å². The van der Waals surface area contributed by atoms with E-state index in [1.54, 1.807) is 31.2 Å². The molecule has 0 saturated carbocycles. The topological polar surface area (TPSA) is 22.4 Å². The molecule has 0 aliphatic heterocycles.